The minimum atomic E-state index is -0.0388. The first-order valence-electron chi connectivity index (χ1n) is 5.80. The molecule has 0 aliphatic carbocycles. The molecule has 1 fully saturated rings. The van der Waals surface area contributed by atoms with E-state index in [1.807, 2.05) is 0 Å². The number of rotatable bonds is 5. The van der Waals surface area contributed by atoms with E-state index in [-0.39, 0.29) is 6.04 Å². The van der Waals surface area contributed by atoms with Crippen LogP contribution in [-0.4, -0.2) is 50.3 Å². The zero-order valence-electron chi connectivity index (χ0n) is 9.54. The summed E-state index contributed by atoms with van der Waals surface area (Å²) in [5, 5.41) is 12.2. The van der Waals surface area contributed by atoms with Crippen LogP contribution in [-0.2, 0) is 4.74 Å². The average molecular weight is 211 g/mol. The highest BCUT2D eigenvalue weighted by Gasteiger charge is 2.14. The summed E-state index contributed by atoms with van der Waals surface area (Å²) >= 11 is 0. The molecule has 0 aromatic rings. The molecule has 1 saturated heterocycles. The Morgan fingerprint density at radius 2 is 2.33 bits per heavy atom. The second-order valence-electron chi connectivity index (χ2n) is 3.90. The number of hydrogen-bond acceptors (Lipinski definition) is 4. The number of nitrogens with zero attached hydrogens (tertiary/aromatic N) is 2. The van der Waals surface area contributed by atoms with Crippen LogP contribution >= 0.6 is 0 Å². The second-order valence-corrected chi connectivity index (χ2v) is 3.90. The highest BCUT2D eigenvalue weighted by molar-refractivity contribution is 4.92. The monoisotopic (exact) mass is 211 g/mol. The maximum Gasteiger partial charge on any atom is 0.108 e. The van der Waals surface area contributed by atoms with Crippen LogP contribution in [0, 0.1) is 11.3 Å². The first-order valence-corrected chi connectivity index (χ1v) is 5.80. The van der Waals surface area contributed by atoms with Gasteiger partial charge < -0.3 is 10.1 Å². The van der Waals surface area contributed by atoms with Crippen LogP contribution in [0.2, 0.25) is 0 Å². The topological polar surface area (TPSA) is 48.3 Å². The third-order valence-corrected chi connectivity index (χ3v) is 2.55. The van der Waals surface area contributed by atoms with Gasteiger partial charge in [0.25, 0.3) is 0 Å². The Labute approximate surface area is 92.2 Å². The second kappa shape index (κ2) is 7.63. The molecule has 1 aliphatic rings. The zero-order valence-corrected chi connectivity index (χ0v) is 9.54. The van der Waals surface area contributed by atoms with Gasteiger partial charge in [0.1, 0.15) is 6.04 Å². The van der Waals surface area contributed by atoms with Gasteiger partial charge in [-0.3, -0.25) is 4.90 Å². The molecular weight excluding hydrogens is 190 g/mol. The molecule has 0 aromatic heterocycles. The lowest BCUT2D eigenvalue weighted by Crippen LogP contribution is -2.41. The highest BCUT2D eigenvalue weighted by atomic mass is 16.5. The lowest BCUT2D eigenvalue weighted by atomic mass is 10.2. The zero-order chi connectivity index (χ0) is 10.9. The maximum absolute atomic E-state index is 8.98. The van der Waals surface area contributed by atoms with Crippen molar-refractivity contribution in [3.05, 3.63) is 0 Å². The fraction of sp³-hybridized carbons (Fsp3) is 0.909. The van der Waals surface area contributed by atoms with Crippen LogP contribution in [0.1, 0.15) is 19.8 Å². The van der Waals surface area contributed by atoms with E-state index in [0.29, 0.717) is 0 Å². The van der Waals surface area contributed by atoms with E-state index in [9.17, 15) is 0 Å². The molecule has 0 radical (unpaired) electrons. The Balaban J connectivity index is 2.26. The Morgan fingerprint density at radius 1 is 1.47 bits per heavy atom. The fourth-order valence-corrected chi connectivity index (χ4v) is 1.71. The van der Waals surface area contributed by atoms with Crippen molar-refractivity contribution in [1.82, 2.24) is 10.2 Å². The highest BCUT2D eigenvalue weighted by Crippen LogP contribution is 2.00. The molecule has 1 rings (SSSR count). The van der Waals surface area contributed by atoms with Crippen LogP contribution in [0.25, 0.3) is 0 Å². The van der Waals surface area contributed by atoms with E-state index in [4.69, 9.17) is 10.00 Å². The summed E-state index contributed by atoms with van der Waals surface area (Å²) in [6.45, 7) is 7.50. The first-order chi connectivity index (χ1) is 7.36. The predicted molar refractivity (Wildman–Crippen MR) is 59.6 cm³/mol. The van der Waals surface area contributed by atoms with Crippen molar-refractivity contribution in [2.24, 2.45) is 0 Å². The van der Waals surface area contributed by atoms with Gasteiger partial charge in [0.15, 0.2) is 0 Å². The van der Waals surface area contributed by atoms with Gasteiger partial charge in [0.05, 0.1) is 12.7 Å². The lowest BCUT2D eigenvalue weighted by molar-refractivity contribution is 0.140. The number of hydrogen-bond donors (Lipinski definition) is 1. The largest absolute Gasteiger partial charge is 0.380 e. The summed E-state index contributed by atoms with van der Waals surface area (Å²) < 4.78 is 5.38. The molecule has 0 saturated carbocycles. The smallest absolute Gasteiger partial charge is 0.108 e. The van der Waals surface area contributed by atoms with Gasteiger partial charge in [-0.15, -0.1) is 0 Å². The Hall–Kier alpha value is -0.630. The molecule has 0 spiro atoms. The van der Waals surface area contributed by atoms with Gasteiger partial charge in [-0.05, 0) is 19.4 Å². The van der Waals surface area contributed by atoms with E-state index >= 15 is 0 Å². The minimum absolute atomic E-state index is 0.0388. The molecule has 0 bridgehead atoms. The average Bonchev–Trinajstić information content (AvgIpc) is 2.52. The van der Waals surface area contributed by atoms with Gasteiger partial charge in [-0.2, -0.15) is 5.26 Å². The molecule has 1 heterocycles. The van der Waals surface area contributed by atoms with E-state index in [2.05, 4.69) is 23.2 Å². The third-order valence-electron chi connectivity index (χ3n) is 2.55. The van der Waals surface area contributed by atoms with E-state index < -0.39 is 0 Å². The molecule has 0 aromatic carbocycles. The van der Waals surface area contributed by atoms with Gasteiger partial charge in [-0.1, -0.05) is 6.92 Å². The summed E-state index contributed by atoms with van der Waals surface area (Å²) in [6, 6.07) is 2.27. The molecular formula is C11H21N3O. The molecule has 15 heavy (non-hydrogen) atoms. The number of nitrogens with one attached hydrogen (secondary N) is 1. The molecule has 1 aliphatic heterocycles. The van der Waals surface area contributed by atoms with Crippen molar-refractivity contribution in [3.63, 3.8) is 0 Å². The van der Waals surface area contributed by atoms with E-state index in [1.165, 1.54) is 0 Å². The summed E-state index contributed by atoms with van der Waals surface area (Å²) in [6.07, 6.45) is 2.15. The number of ether oxygens (including phenoxy) is 1. The van der Waals surface area contributed by atoms with Crippen molar-refractivity contribution in [2.75, 3.05) is 39.4 Å². The summed E-state index contributed by atoms with van der Waals surface area (Å²) in [7, 11) is 0. The van der Waals surface area contributed by atoms with Crippen LogP contribution in [0.3, 0.4) is 0 Å². The van der Waals surface area contributed by atoms with Crippen LogP contribution in [0.15, 0.2) is 0 Å². The maximum atomic E-state index is 8.98. The minimum Gasteiger partial charge on any atom is -0.380 e. The van der Waals surface area contributed by atoms with Crippen molar-refractivity contribution in [2.45, 2.75) is 25.8 Å². The van der Waals surface area contributed by atoms with E-state index in [1.54, 1.807) is 0 Å². The van der Waals surface area contributed by atoms with Crippen LogP contribution in [0.4, 0.5) is 0 Å². The van der Waals surface area contributed by atoms with Gasteiger partial charge in [0.2, 0.25) is 0 Å². The predicted octanol–water partition coefficient (Wildman–Crippen LogP) is 0.600. The van der Waals surface area contributed by atoms with Crippen molar-refractivity contribution in [1.29, 1.82) is 5.26 Å². The molecule has 1 atom stereocenters. The van der Waals surface area contributed by atoms with Crippen molar-refractivity contribution >= 4 is 0 Å². The SMILES string of the molecule is CCCNC(C#N)CN1CCCOCC1. The first kappa shape index (κ1) is 12.4. The third kappa shape index (κ3) is 5.12. The summed E-state index contributed by atoms with van der Waals surface area (Å²) in [5.41, 5.74) is 0. The Kier molecular flexibility index (Phi) is 6.33. The summed E-state index contributed by atoms with van der Waals surface area (Å²) in [4.78, 5) is 2.31. The van der Waals surface area contributed by atoms with Gasteiger partial charge in [-0.25, -0.2) is 0 Å². The van der Waals surface area contributed by atoms with Crippen LogP contribution in [0.5, 0.6) is 0 Å². The molecule has 86 valence electrons. The normalized spacial score (nSPS) is 20.5. The molecule has 4 heteroatoms. The van der Waals surface area contributed by atoms with Crippen LogP contribution < -0.4 is 5.32 Å². The van der Waals surface area contributed by atoms with Crippen molar-refractivity contribution in [3.8, 4) is 6.07 Å². The standard InChI is InChI=1S/C11H21N3O/c1-2-4-13-11(9-12)10-14-5-3-7-15-8-6-14/h11,13H,2-8,10H2,1H3. The molecule has 1 N–H and O–H groups in total. The fourth-order valence-electron chi connectivity index (χ4n) is 1.71. The molecule has 0 amide bonds. The quantitative estimate of drug-likeness (QED) is 0.723. The molecule has 4 nitrogen and oxygen atoms in total. The summed E-state index contributed by atoms with van der Waals surface area (Å²) in [5.74, 6) is 0. The van der Waals surface area contributed by atoms with Gasteiger partial charge >= 0.3 is 0 Å². The van der Waals surface area contributed by atoms with E-state index in [0.717, 1.165) is 52.2 Å². The molecule has 1 unspecified atom stereocenters. The van der Waals surface area contributed by atoms with Gasteiger partial charge in [0, 0.05) is 26.2 Å². The lowest BCUT2D eigenvalue weighted by Gasteiger charge is -2.22. The Morgan fingerprint density at radius 3 is 3.07 bits per heavy atom. The number of nitriles is 1. The van der Waals surface area contributed by atoms with Crippen molar-refractivity contribution < 1.29 is 4.74 Å². The Bertz CT molecular complexity index is 194.